The van der Waals surface area contributed by atoms with Crippen molar-refractivity contribution in [1.29, 1.82) is 0 Å². The molecule has 0 bridgehead atoms. The summed E-state index contributed by atoms with van der Waals surface area (Å²) in [5.41, 5.74) is 1.23. The number of nitrogens with one attached hydrogen (secondary N) is 1. The van der Waals surface area contributed by atoms with Gasteiger partial charge in [0.05, 0.1) is 18.1 Å². The number of anilines is 1. The number of hydrogen-bond donors (Lipinski definition) is 1. The number of imidazole rings is 1. The fraction of sp³-hybridized carbons (Fsp3) is 0.286. The summed E-state index contributed by atoms with van der Waals surface area (Å²) in [6.07, 6.45) is 6.54. The van der Waals surface area contributed by atoms with Crippen molar-refractivity contribution in [2.75, 3.05) is 5.32 Å². The normalized spacial score (nSPS) is 11.2. The number of hydrogen-bond acceptors (Lipinski definition) is 5. The van der Waals surface area contributed by atoms with Crippen LogP contribution in [0.4, 0.5) is 5.82 Å². The maximum atomic E-state index is 12.3. The lowest BCUT2D eigenvalue weighted by molar-refractivity contribution is 0.0993. The Labute approximate surface area is 121 Å². The Morgan fingerprint density at radius 2 is 2.19 bits per heavy atom. The molecular formula is C14H15N5O2. The van der Waals surface area contributed by atoms with Crippen molar-refractivity contribution in [3.63, 3.8) is 0 Å². The fourth-order valence-electron chi connectivity index (χ4n) is 1.98. The van der Waals surface area contributed by atoms with E-state index >= 15 is 0 Å². The van der Waals surface area contributed by atoms with E-state index in [-0.39, 0.29) is 17.6 Å². The van der Waals surface area contributed by atoms with Gasteiger partial charge in [0.2, 0.25) is 5.76 Å². The smallest absolute Gasteiger partial charge is 0.294 e. The summed E-state index contributed by atoms with van der Waals surface area (Å²) < 4.78 is 7.27. The molecule has 0 radical (unpaired) electrons. The zero-order valence-electron chi connectivity index (χ0n) is 12.0. The Morgan fingerprint density at radius 1 is 1.38 bits per heavy atom. The van der Waals surface area contributed by atoms with Crippen LogP contribution in [0.2, 0.25) is 0 Å². The lowest BCUT2D eigenvalue weighted by Gasteiger charge is -2.03. The number of rotatable bonds is 3. The maximum Gasteiger partial charge on any atom is 0.294 e. The second-order valence-corrected chi connectivity index (χ2v) is 5.02. The maximum absolute atomic E-state index is 12.3. The molecule has 21 heavy (non-hydrogen) atoms. The standard InChI is InChI=1S/C14H15N5O2/c1-8(2)14-17-9(3)12(21-14)13(20)18-11-7-16-10-6-15-4-5-19(10)11/h4-8H,1-3H3,(H,18,20). The Balaban J connectivity index is 1.89. The molecule has 0 unspecified atom stereocenters. The van der Waals surface area contributed by atoms with E-state index in [1.165, 1.54) is 0 Å². The van der Waals surface area contributed by atoms with E-state index in [0.29, 0.717) is 23.0 Å². The third-order valence-corrected chi connectivity index (χ3v) is 3.07. The predicted molar refractivity (Wildman–Crippen MR) is 76.3 cm³/mol. The minimum absolute atomic E-state index is 0.132. The Hall–Kier alpha value is -2.70. The predicted octanol–water partition coefficient (Wildman–Crippen LogP) is 2.40. The Bertz CT molecular complexity index is 803. The van der Waals surface area contributed by atoms with Crippen molar-refractivity contribution in [3.8, 4) is 0 Å². The van der Waals surface area contributed by atoms with E-state index in [0.717, 1.165) is 0 Å². The lowest BCUT2D eigenvalue weighted by atomic mass is 10.2. The molecule has 108 valence electrons. The minimum atomic E-state index is -0.342. The van der Waals surface area contributed by atoms with Crippen LogP contribution in [0.1, 0.15) is 41.9 Å². The van der Waals surface area contributed by atoms with Crippen LogP contribution in [-0.4, -0.2) is 25.3 Å². The molecule has 3 aromatic rings. The molecule has 7 heteroatoms. The second kappa shape index (κ2) is 5.01. The van der Waals surface area contributed by atoms with Crippen LogP contribution in [0.15, 0.2) is 29.2 Å². The van der Waals surface area contributed by atoms with Crippen molar-refractivity contribution in [3.05, 3.63) is 42.1 Å². The monoisotopic (exact) mass is 285 g/mol. The summed E-state index contributed by atoms with van der Waals surface area (Å²) in [4.78, 5) is 24.7. The first kappa shape index (κ1) is 13.3. The highest BCUT2D eigenvalue weighted by atomic mass is 16.4. The molecular weight excluding hydrogens is 270 g/mol. The number of amides is 1. The topological polar surface area (TPSA) is 85.3 Å². The molecule has 0 saturated carbocycles. The molecule has 3 heterocycles. The summed E-state index contributed by atoms with van der Waals surface area (Å²) in [6, 6.07) is 0. The molecule has 3 rings (SSSR count). The van der Waals surface area contributed by atoms with E-state index in [9.17, 15) is 4.79 Å². The highest BCUT2D eigenvalue weighted by molar-refractivity contribution is 6.02. The average molecular weight is 285 g/mol. The molecule has 1 amide bonds. The van der Waals surface area contributed by atoms with Crippen molar-refractivity contribution in [2.24, 2.45) is 0 Å². The number of aryl methyl sites for hydroxylation is 1. The molecule has 0 aliphatic heterocycles. The summed E-state index contributed by atoms with van der Waals surface area (Å²) in [7, 11) is 0. The van der Waals surface area contributed by atoms with Gasteiger partial charge in [-0.2, -0.15) is 0 Å². The van der Waals surface area contributed by atoms with Crippen LogP contribution in [0.25, 0.3) is 5.65 Å². The van der Waals surface area contributed by atoms with Gasteiger partial charge in [-0.1, -0.05) is 13.8 Å². The van der Waals surface area contributed by atoms with Crippen LogP contribution in [0, 0.1) is 6.92 Å². The summed E-state index contributed by atoms with van der Waals surface area (Å²) in [5, 5.41) is 2.77. The largest absolute Gasteiger partial charge is 0.435 e. The van der Waals surface area contributed by atoms with E-state index in [1.54, 1.807) is 36.1 Å². The summed E-state index contributed by atoms with van der Waals surface area (Å²) in [6.45, 7) is 5.68. The SMILES string of the molecule is Cc1nc(C(C)C)oc1C(=O)Nc1cnc2cnccn12. The fourth-order valence-corrected chi connectivity index (χ4v) is 1.98. The van der Waals surface area contributed by atoms with Gasteiger partial charge in [0.15, 0.2) is 11.5 Å². The van der Waals surface area contributed by atoms with Crippen LogP contribution >= 0.6 is 0 Å². The molecule has 7 nitrogen and oxygen atoms in total. The van der Waals surface area contributed by atoms with Gasteiger partial charge in [0, 0.05) is 18.3 Å². The van der Waals surface area contributed by atoms with E-state index in [2.05, 4.69) is 20.3 Å². The third kappa shape index (κ3) is 2.37. The first-order valence-electron chi connectivity index (χ1n) is 6.62. The molecule has 0 aliphatic carbocycles. The molecule has 3 aromatic heterocycles. The molecule has 0 fully saturated rings. The average Bonchev–Trinajstić information content (AvgIpc) is 3.03. The molecule has 0 aliphatic rings. The van der Waals surface area contributed by atoms with E-state index in [1.807, 2.05) is 13.8 Å². The van der Waals surface area contributed by atoms with Gasteiger partial charge >= 0.3 is 0 Å². The highest BCUT2D eigenvalue weighted by Crippen LogP contribution is 2.19. The number of fused-ring (bicyclic) bond motifs is 1. The van der Waals surface area contributed by atoms with E-state index < -0.39 is 0 Å². The number of carbonyl (C=O) groups excluding carboxylic acids is 1. The van der Waals surface area contributed by atoms with Crippen molar-refractivity contribution in [2.45, 2.75) is 26.7 Å². The van der Waals surface area contributed by atoms with Gasteiger partial charge in [-0.15, -0.1) is 0 Å². The van der Waals surface area contributed by atoms with Gasteiger partial charge in [-0.3, -0.25) is 14.2 Å². The highest BCUT2D eigenvalue weighted by Gasteiger charge is 2.20. The summed E-state index contributed by atoms with van der Waals surface area (Å²) >= 11 is 0. The zero-order chi connectivity index (χ0) is 15.0. The van der Waals surface area contributed by atoms with Crippen LogP contribution in [0.3, 0.4) is 0 Å². The molecule has 0 atom stereocenters. The number of aromatic nitrogens is 4. The molecule has 0 saturated heterocycles. The molecule has 0 spiro atoms. The van der Waals surface area contributed by atoms with Crippen molar-refractivity contribution < 1.29 is 9.21 Å². The van der Waals surface area contributed by atoms with Gasteiger partial charge in [0.1, 0.15) is 5.82 Å². The number of nitrogens with zero attached hydrogens (tertiary/aromatic N) is 4. The second-order valence-electron chi connectivity index (χ2n) is 5.02. The molecule has 0 aromatic carbocycles. The lowest BCUT2D eigenvalue weighted by Crippen LogP contribution is -2.13. The first-order chi connectivity index (χ1) is 10.1. The van der Waals surface area contributed by atoms with Crippen LogP contribution in [0.5, 0.6) is 0 Å². The molecule has 1 N–H and O–H groups in total. The van der Waals surface area contributed by atoms with Gasteiger partial charge in [0.25, 0.3) is 5.91 Å². The Morgan fingerprint density at radius 3 is 2.90 bits per heavy atom. The minimum Gasteiger partial charge on any atom is -0.435 e. The van der Waals surface area contributed by atoms with Gasteiger partial charge in [-0.05, 0) is 6.92 Å². The van der Waals surface area contributed by atoms with Crippen molar-refractivity contribution in [1.82, 2.24) is 19.4 Å². The third-order valence-electron chi connectivity index (χ3n) is 3.07. The number of carbonyl (C=O) groups is 1. The van der Waals surface area contributed by atoms with E-state index in [4.69, 9.17) is 4.42 Å². The summed E-state index contributed by atoms with van der Waals surface area (Å²) in [5.74, 6) is 1.12. The van der Waals surface area contributed by atoms with Gasteiger partial charge < -0.3 is 9.73 Å². The van der Waals surface area contributed by atoms with Crippen LogP contribution in [-0.2, 0) is 0 Å². The van der Waals surface area contributed by atoms with Gasteiger partial charge in [-0.25, -0.2) is 9.97 Å². The number of oxazole rings is 1. The Kier molecular flexibility index (Phi) is 3.17. The first-order valence-corrected chi connectivity index (χ1v) is 6.62. The quantitative estimate of drug-likeness (QED) is 0.798. The van der Waals surface area contributed by atoms with Crippen molar-refractivity contribution >= 4 is 17.4 Å². The van der Waals surface area contributed by atoms with Crippen LogP contribution < -0.4 is 5.32 Å². The zero-order valence-corrected chi connectivity index (χ0v) is 12.0.